The molecule has 3 nitrogen and oxygen atoms in total. The van der Waals surface area contributed by atoms with Crippen LogP contribution < -0.4 is 0 Å². The van der Waals surface area contributed by atoms with Crippen molar-refractivity contribution < 1.29 is 4.92 Å². The molecule has 0 saturated heterocycles. The second-order valence-corrected chi connectivity index (χ2v) is 3.39. The van der Waals surface area contributed by atoms with E-state index in [4.69, 9.17) is 11.6 Å². The highest BCUT2D eigenvalue weighted by atomic mass is 79.9. The van der Waals surface area contributed by atoms with Crippen LogP contribution in [0.4, 0.5) is 5.69 Å². The highest BCUT2D eigenvalue weighted by Crippen LogP contribution is 2.22. The Balaban J connectivity index is 3.15. The minimum Gasteiger partial charge on any atom is -0.258 e. The molecular formula is C7H5BrClNO2. The molecule has 0 fully saturated rings. The first-order valence-electron chi connectivity index (χ1n) is 3.13. The molecule has 1 rings (SSSR count). The zero-order valence-electron chi connectivity index (χ0n) is 5.96. The lowest BCUT2D eigenvalue weighted by molar-refractivity contribution is -0.385. The maximum atomic E-state index is 10.4. The van der Waals surface area contributed by atoms with Gasteiger partial charge in [0.05, 0.1) is 4.92 Å². The van der Waals surface area contributed by atoms with E-state index in [0.29, 0.717) is 4.47 Å². The van der Waals surface area contributed by atoms with Gasteiger partial charge in [0, 0.05) is 22.5 Å². The quantitative estimate of drug-likeness (QED) is 0.460. The van der Waals surface area contributed by atoms with Crippen molar-refractivity contribution in [1.82, 2.24) is 0 Å². The second kappa shape index (κ2) is 3.87. The Kier molecular flexibility index (Phi) is 3.05. The van der Waals surface area contributed by atoms with Gasteiger partial charge in [0.15, 0.2) is 0 Å². The third kappa shape index (κ3) is 2.19. The van der Waals surface area contributed by atoms with Crippen LogP contribution in [-0.2, 0) is 5.88 Å². The maximum absolute atomic E-state index is 10.4. The molecule has 0 spiro atoms. The number of nitro groups is 1. The maximum Gasteiger partial charge on any atom is 0.270 e. The number of rotatable bonds is 2. The topological polar surface area (TPSA) is 43.1 Å². The zero-order valence-corrected chi connectivity index (χ0v) is 8.30. The predicted molar refractivity (Wildman–Crippen MR) is 50.4 cm³/mol. The van der Waals surface area contributed by atoms with Gasteiger partial charge in [-0.1, -0.05) is 15.9 Å². The molecule has 0 aromatic heterocycles. The van der Waals surface area contributed by atoms with Crippen LogP contribution in [0.1, 0.15) is 5.56 Å². The summed E-state index contributed by atoms with van der Waals surface area (Å²) < 4.78 is 0.673. The molecule has 0 heterocycles. The molecular weight excluding hydrogens is 245 g/mol. The molecule has 0 aliphatic carbocycles. The Morgan fingerprint density at radius 2 is 2.17 bits per heavy atom. The van der Waals surface area contributed by atoms with Crippen molar-refractivity contribution >= 4 is 33.2 Å². The molecule has 1 aromatic rings. The number of halogens is 2. The normalized spacial score (nSPS) is 9.83. The molecule has 1 aromatic carbocycles. The molecule has 64 valence electrons. The van der Waals surface area contributed by atoms with Crippen molar-refractivity contribution in [3.05, 3.63) is 38.3 Å². The smallest absolute Gasteiger partial charge is 0.258 e. The summed E-state index contributed by atoms with van der Waals surface area (Å²) in [6.45, 7) is 0. The summed E-state index contributed by atoms with van der Waals surface area (Å²) >= 11 is 8.69. The van der Waals surface area contributed by atoms with E-state index in [1.807, 2.05) is 0 Å². The van der Waals surface area contributed by atoms with Gasteiger partial charge in [-0.2, -0.15) is 0 Å². The lowest BCUT2D eigenvalue weighted by atomic mass is 10.2. The first kappa shape index (κ1) is 9.48. The Labute approximate surface area is 82.6 Å². The number of hydrogen-bond acceptors (Lipinski definition) is 2. The Morgan fingerprint density at radius 3 is 2.67 bits per heavy atom. The molecule has 0 N–H and O–H groups in total. The van der Waals surface area contributed by atoms with Gasteiger partial charge in [-0.25, -0.2) is 0 Å². The molecule has 0 saturated carbocycles. The van der Waals surface area contributed by atoms with Gasteiger partial charge < -0.3 is 0 Å². The number of alkyl halides is 1. The molecule has 0 aliphatic heterocycles. The van der Waals surface area contributed by atoms with Crippen LogP contribution in [0, 0.1) is 10.1 Å². The average molecular weight is 250 g/mol. The van der Waals surface area contributed by atoms with Crippen molar-refractivity contribution in [3.63, 3.8) is 0 Å². The molecule has 0 atom stereocenters. The zero-order chi connectivity index (χ0) is 9.14. The van der Waals surface area contributed by atoms with Gasteiger partial charge in [0.25, 0.3) is 5.69 Å². The summed E-state index contributed by atoms with van der Waals surface area (Å²) in [6.07, 6.45) is 0. The van der Waals surface area contributed by atoms with E-state index in [1.165, 1.54) is 12.1 Å². The van der Waals surface area contributed by atoms with Gasteiger partial charge in [0.1, 0.15) is 0 Å². The van der Waals surface area contributed by atoms with E-state index in [2.05, 4.69) is 15.9 Å². The monoisotopic (exact) mass is 249 g/mol. The standard InChI is InChI=1S/C7H5BrClNO2/c8-6-1-5(4-9)2-7(3-6)10(11)12/h1-3H,4H2. The van der Waals surface area contributed by atoms with E-state index < -0.39 is 4.92 Å². The van der Waals surface area contributed by atoms with E-state index in [-0.39, 0.29) is 11.6 Å². The van der Waals surface area contributed by atoms with Crippen molar-refractivity contribution in [2.45, 2.75) is 5.88 Å². The van der Waals surface area contributed by atoms with E-state index >= 15 is 0 Å². The molecule has 0 aliphatic rings. The Hall–Kier alpha value is -0.610. The number of nitro benzene ring substituents is 1. The highest BCUT2D eigenvalue weighted by molar-refractivity contribution is 9.10. The fourth-order valence-corrected chi connectivity index (χ4v) is 1.50. The van der Waals surface area contributed by atoms with Crippen LogP contribution in [0.25, 0.3) is 0 Å². The summed E-state index contributed by atoms with van der Waals surface area (Å²) in [4.78, 5) is 9.92. The van der Waals surface area contributed by atoms with E-state index in [9.17, 15) is 10.1 Å². The van der Waals surface area contributed by atoms with Gasteiger partial charge in [-0.3, -0.25) is 10.1 Å². The minimum atomic E-state index is -0.444. The van der Waals surface area contributed by atoms with Crippen molar-refractivity contribution in [2.24, 2.45) is 0 Å². The highest BCUT2D eigenvalue weighted by Gasteiger charge is 2.07. The number of hydrogen-bond donors (Lipinski definition) is 0. The SMILES string of the molecule is O=[N+]([O-])c1cc(Br)cc(CCl)c1. The Bertz CT molecular complexity index is 316. The van der Waals surface area contributed by atoms with Gasteiger partial charge >= 0.3 is 0 Å². The van der Waals surface area contributed by atoms with Crippen molar-refractivity contribution in [2.75, 3.05) is 0 Å². The van der Waals surface area contributed by atoms with Crippen LogP contribution in [0.3, 0.4) is 0 Å². The fourth-order valence-electron chi connectivity index (χ4n) is 0.816. The number of non-ortho nitro benzene ring substituents is 1. The summed E-state index contributed by atoms with van der Waals surface area (Å²) in [5, 5.41) is 10.4. The predicted octanol–water partition coefficient (Wildman–Crippen LogP) is 3.10. The fraction of sp³-hybridized carbons (Fsp3) is 0.143. The third-order valence-electron chi connectivity index (χ3n) is 1.31. The van der Waals surface area contributed by atoms with Crippen LogP contribution in [0.15, 0.2) is 22.7 Å². The summed E-state index contributed by atoms with van der Waals surface area (Å²) in [7, 11) is 0. The largest absolute Gasteiger partial charge is 0.270 e. The van der Waals surface area contributed by atoms with Gasteiger partial charge in [0.2, 0.25) is 0 Å². The number of benzene rings is 1. The second-order valence-electron chi connectivity index (χ2n) is 2.21. The first-order chi connectivity index (χ1) is 5.63. The molecule has 0 amide bonds. The van der Waals surface area contributed by atoms with E-state index in [1.54, 1.807) is 6.07 Å². The molecule has 0 bridgehead atoms. The van der Waals surface area contributed by atoms with Crippen LogP contribution in [0.5, 0.6) is 0 Å². The lowest BCUT2D eigenvalue weighted by Gasteiger charge is -1.96. The van der Waals surface area contributed by atoms with Gasteiger partial charge in [-0.15, -0.1) is 11.6 Å². The average Bonchev–Trinajstić information content (AvgIpc) is 2.03. The number of nitrogens with zero attached hydrogens (tertiary/aromatic N) is 1. The van der Waals surface area contributed by atoms with Crippen molar-refractivity contribution in [1.29, 1.82) is 0 Å². The Morgan fingerprint density at radius 1 is 1.50 bits per heavy atom. The molecule has 0 radical (unpaired) electrons. The van der Waals surface area contributed by atoms with Crippen molar-refractivity contribution in [3.8, 4) is 0 Å². The summed E-state index contributed by atoms with van der Waals surface area (Å²) in [5.41, 5.74) is 0.790. The molecule has 12 heavy (non-hydrogen) atoms. The molecule has 0 unspecified atom stereocenters. The van der Waals surface area contributed by atoms with Crippen LogP contribution >= 0.6 is 27.5 Å². The van der Waals surface area contributed by atoms with E-state index in [0.717, 1.165) is 5.56 Å². The lowest BCUT2D eigenvalue weighted by Crippen LogP contribution is -1.89. The van der Waals surface area contributed by atoms with Crippen LogP contribution in [0.2, 0.25) is 0 Å². The minimum absolute atomic E-state index is 0.0556. The van der Waals surface area contributed by atoms with Crippen LogP contribution in [-0.4, -0.2) is 4.92 Å². The first-order valence-corrected chi connectivity index (χ1v) is 4.46. The summed E-state index contributed by atoms with van der Waals surface area (Å²) in [6, 6.07) is 4.65. The van der Waals surface area contributed by atoms with Gasteiger partial charge in [-0.05, 0) is 11.6 Å². The molecule has 5 heteroatoms. The summed E-state index contributed by atoms with van der Waals surface area (Å²) in [5.74, 6) is 0.278. The third-order valence-corrected chi connectivity index (χ3v) is 2.07.